The Kier molecular flexibility index (Phi) is 5.61. The van der Waals surface area contributed by atoms with Crippen LogP contribution in [-0.2, 0) is 6.42 Å². The minimum Gasteiger partial charge on any atom is -0.396 e. The summed E-state index contributed by atoms with van der Waals surface area (Å²) in [4.78, 5) is 29.7. The number of hydrogen-bond acceptors (Lipinski definition) is 7. The van der Waals surface area contributed by atoms with E-state index in [1.165, 1.54) is 30.0 Å². The van der Waals surface area contributed by atoms with Gasteiger partial charge in [-0.25, -0.2) is 4.98 Å². The van der Waals surface area contributed by atoms with Crippen molar-refractivity contribution in [2.75, 3.05) is 6.61 Å². The van der Waals surface area contributed by atoms with Crippen LogP contribution < -0.4 is 0 Å². The molecule has 0 radical (unpaired) electrons. The largest absolute Gasteiger partial charge is 0.396 e. The number of imidazole rings is 1. The molecule has 1 aromatic heterocycles. The Labute approximate surface area is 164 Å². The third-order valence-electron chi connectivity index (χ3n) is 4.45. The van der Waals surface area contributed by atoms with Crippen LogP contribution in [0.25, 0.3) is 11.0 Å². The predicted molar refractivity (Wildman–Crippen MR) is 105 cm³/mol. The van der Waals surface area contributed by atoms with Gasteiger partial charge in [0.2, 0.25) is 0 Å². The summed E-state index contributed by atoms with van der Waals surface area (Å²) in [5.74, 6) is -0.385. The first-order valence-electron chi connectivity index (χ1n) is 8.58. The van der Waals surface area contributed by atoms with Crippen molar-refractivity contribution in [1.29, 1.82) is 0 Å². The van der Waals surface area contributed by atoms with Crippen molar-refractivity contribution in [2.24, 2.45) is 0 Å². The molecular weight excluding hydrogens is 384 g/mol. The van der Waals surface area contributed by atoms with E-state index in [0.717, 1.165) is 10.5 Å². The number of aliphatic hydroxyl groups excluding tert-OH is 1. The van der Waals surface area contributed by atoms with Crippen LogP contribution in [0.15, 0.2) is 40.4 Å². The number of hydrogen-bond donors (Lipinski definition) is 2. The quantitative estimate of drug-likeness (QED) is 0.447. The summed E-state index contributed by atoms with van der Waals surface area (Å²) >= 11 is 1.30. The summed E-state index contributed by atoms with van der Waals surface area (Å²) in [5.41, 5.74) is 2.34. The molecule has 1 atom stereocenters. The Bertz CT molecular complexity index is 1070. The number of fused-ring (bicyclic) bond motifs is 1. The van der Waals surface area contributed by atoms with Crippen molar-refractivity contribution < 1.29 is 15.0 Å². The standard InChI is InChI=1S/C18H18N4O5S/c1-3-11-6-16(22(26)27)13(10(2)9-23)8-17(11)28-18-19-14-5-4-12(21(24)25)7-15(14)20-18/h4-8,10,23H,3,9H2,1-2H3,(H,19,20). The molecule has 0 bridgehead atoms. The molecule has 10 heteroatoms. The Morgan fingerprint density at radius 3 is 2.57 bits per heavy atom. The van der Waals surface area contributed by atoms with Gasteiger partial charge in [0.1, 0.15) is 0 Å². The lowest BCUT2D eigenvalue weighted by Gasteiger charge is -2.13. The van der Waals surface area contributed by atoms with E-state index in [-0.39, 0.29) is 23.9 Å². The number of aromatic nitrogens is 2. The Morgan fingerprint density at radius 1 is 1.21 bits per heavy atom. The average Bonchev–Trinajstić information content (AvgIpc) is 3.08. The van der Waals surface area contributed by atoms with Gasteiger partial charge in [-0.05, 0) is 24.1 Å². The maximum atomic E-state index is 11.4. The molecule has 9 nitrogen and oxygen atoms in total. The maximum Gasteiger partial charge on any atom is 0.273 e. The molecule has 3 rings (SSSR count). The number of non-ortho nitro benzene ring substituents is 1. The van der Waals surface area contributed by atoms with E-state index in [2.05, 4.69) is 9.97 Å². The normalized spacial score (nSPS) is 12.2. The second-order valence-corrected chi connectivity index (χ2v) is 7.35. The molecule has 2 N–H and O–H groups in total. The fourth-order valence-corrected chi connectivity index (χ4v) is 3.92. The molecule has 2 aromatic carbocycles. The molecule has 0 aliphatic rings. The maximum absolute atomic E-state index is 11.4. The second-order valence-electron chi connectivity index (χ2n) is 6.32. The highest BCUT2D eigenvalue weighted by atomic mass is 32.2. The van der Waals surface area contributed by atoms with Gasteiger partial charge >= 0.3 is 0 Å². The van der Waals surface area contributed by atoms with Crippen LogP contribution in [0.5, 0.6) is 0 Å². The van der Waals surface area contributed by atoms with Crippen molar-refractivity contribution in [1.82, 2.24) is 9.97 Å². The lowest BCUT2D eigenvalue weighted by molar-refractivity contribution is -0.385. The zero-order valence-corrected chi connectivity index (χ0v) is 16.0. The van der Waals surface area contributed by atoms with Crippen LogP contribution in [-0.4, -0.2) is 31.5 Å². The number of nitrogens with zero attached hydrogens (tertiary/aromatic N) is 3. The van der Waals surface area contributed by atoms with Crippen LogP contribution in [0.1, 0.15) is 30.9 Å². The van der Waals surface area contributed by atoms with E-state index in [4.69, 9.17) is 0 Å². The summed E-state index contributed by atoms with van der Waals surface area (Å²) in [6.07, 6.45) is 0.586. The number of H-pyrrole nitrogens is 1. The van der Waals surface area contributed by atoms with Gasteiger partial charge in [-0.2, -0.15) is 0 Å². The molecule has 1 heterocycles. The first-order chi connectivity index (χ1) is 13.3. The predicted octanol–water partition coefficient (Wildman–Crippen LogP) is 4.19. The lowest BCUT2D eigenvalue weighted by atomic mass is 9.97. The van der Waals surface area contributed by atoms with Crippen molar-refractivity contribution in [3.63, 3.8) is 0 Å². The van der Waals surface area contributed by atoms with Crippen molar-refractivity contribution in [3.8, 4) is 0 Å². The highest BCUT2D eigenvalue weighted by Gasteiger charge is 2.22. The second kappa shape index (κ2) is 7.95. The van der Waals surface area contributed by atoms with Crippen molar-refractivity contribution in [3.05, 3.63) is 61.7 Å². The van der Waals surface area contributed by atoms with Crippen LogP contribution in [0, 0.1) is 20.2 Å². The molecule has 28 heavy (non-hydrogen) atoms. The first-order valence-corrected chi connectivity index (χ1v) is 9.39. The van der Waals surface area contributed by atoms with E-state index in [1.807, 2.05) is 6.92 Å². The van der Waals surface area contributed by atoms with Crippen LogP contribution in [0.3, 0.4) is 0 Å². The number of rotatable bonds is 7. The number of aryl methyl sites for hydroxylation is 1. The van der Waals surface area contributed by atoms with Gasteiger partial charge in [-0.15, -0.1) is 0 Å². The van der Waals surface area contributed by atoms with Gasteiger partial charge in [-0.1, -0.05) is 25.6 Å². The third-order valence-corrected chi connectivity index (χ3v) is 5.44. The van der Waals surface area contributed by atoms with Gasteiger partial charge in [0.25, 0.3) is 11.4 Å². The summed E-state index contributed by atoms with van der Waals surface area (Å²) in [5, 5.41) is 32.4. The number of nitrogens with one attached hydrogen (secondary N) is 1. The van der Waals surface area contributed by atoms with E-state index < -0.39 is 9.85 Å². The van der Waals surface area contributed by atoms with Gasteiger partial charge in [0, 0.05) is 41.2 Å². The Hall–Kier alpha value is -2.98. The number of nitro benzene ring substituents is 2. The molecular formula is C18H18N4O5S. The molecule has 0 fully saturated rings. The van der Waals surface area contributed by atoms with E-state index in [9.17, 15) is 25.3 Å². The van der Waals surface area contributed by atoms with Crippen LogP contribution in [0.4, 0.5) is 11.4 Å². The molecule has 1 unspecified atom stereocenters. The third kappa shape index (κ3) is 3.82. The van der Waals surface area contributed by atoms with Gasteiger partial charge in [-0.3, -0.25) is 20.2 Å². The van der Waals surface area contributed by atoms with E-state index in [0.29, 0.717) is 28.2 Å². The summed E-state index contributed by atoms with van der Waals surface area (Å²) in [7, 11) is 0. The molecule has 3 aromatic rings. The van der Waals surface area contributed by atoms with Gasteiger partial charge in [0.05, 0.1) is 20.9 Å². The summed E-state index contributed by atoms with van der Waals surface area (Å²) < 4.78 is 0. The van der Waals surface area contributed by atoms with Crippen LogP contribution in [0.2, 0.25) is 0 Å². The monoisotopic (exact) mass is 402 g/mol. The van der Waals surface area contributed by atoms with E-state index >= 15 is 0 Å². The number of aromatic amines is 1. The smallest absolute Gasteiger partial charge is 0.273 e. The lowest BCUT2D eigenvalue weighted by Crippen LogP contribution is -2.05. The number of benzene rings is 2. The fraction of sp³-hybridized carbons (Fsp3) is 0.278. The Morgan fingerprint density at radius 2 is 1.96 bits per heavy atom. The zero-order chi connectivity index (χ0) is 20.4. The molecule has 0 saturated carbocycles. The minimum atomic E-state index is -0.471. The molecule has 0 aliphatic carbocycles. The number of nitro groups is 2. The molecule has 0 aliphatic heterocycles. The highest BCUT2D eigenvalue weighted by Crippen LogP contribution is 2.37. The molecule has 0 saturated heterocycles. The zero-order valence-electron chi connectivity index (χ0n) is 15.2. The van der Waals surface area contributed by atoms with Crippen molar-refractivity contribution >= 4 is 34.2 Å². The number of aliphatic hydroxyl groups is 1. The highest BCUT2D eigenvalue weighted by molar-refractivity contribution is 7.99. The topological polar surface area (TPSA) is 135 Å². The molecule has 146 valence electrons. The van der Waals surface area contributed by atoms with Gasteiger partial charge in [0.15, 0.2) is 5.16 Å². The van der Waals surface area contributed by atoms with Gasteiger partial charge < -0.3 is 10.1 Å². The first kappa shape index (κ1) is 19.8. The minimum absolute atomic E-state index is 0.0111. The summed E-state index contributed by atoms with van der Waals surface area (Å²) in [6.45, 7) is 3.42. The summed E-state index contributed by atoms with van der Waals surface area (Å²) in [6, 6.07) is 7.64. The Balaban J connectivity index is 2.04. The van der Waals surface area contributed by atoms with Crippen molar-refractivity contribution in [2.45, 2.75) is 36.2 Å². The van der Waals surface area contributed by atoms with E-state index in [1.54, 1.807) is 19.1 Å². The molecule has 0 amide bonds. The SMILES string of the molecule is CCc1cc([N+](=O)[O-])c(C(C)CO)cc1Sc1nc2ccc([N+](=O)[O-])cc2[nH]1. The fourth-order valence-electron chi connectivity index (χ4n) is 2.89. The average molecular weight is 402 g/mol. The molecule has 0 spiro atoms. The van der Waals surface area contributed by atoms with Crippen LogP contribution >= 0.6 is 11.8 Å².